The summed E-state index contributed by atoms with van der Waals surface area (Å²) in [5, 5.41) is 8.41. The summed E-state index contributed by atoms with van der Waals surface area (Å²) in [7, 11) is -4.56. The average Bonchev–Trinajstić information content (AvgIpc) is 1.62. The second kappa shape index (κ2) is 3.06. The lowest BCUT2D eigenvalue weighted by molar-refractivity contribution is -0.0575. The summed E-state index contributed by atoms with van der Waals surface area (Å²) in [6, 6.07) is 0. The van der Waals surface area contributed by atoms with Crippen molar-refractivity contribution < 1.29 is 23.9 Å². The van der Waals surface area contributed by atoms with E-state index in [9.17, 15) is 0 Å². The summed E-state index contributed by atoms with van der Waals surface area (Å²) in [5.74, 6) is 0. The Kier molecular flexibility index (Phi) is 2.98. The standard InChI is InChI=1S/C3H8O5Si/c1-2-3(4)8-9(5,6)7/h2-7H,1H2. The van der Waals surface area contributed by atoms with E-state index in [-0.39, 0.29) is 0 Å². The predicted molar refractivity (Wildman–Crippen MR) is 29.7 cm³/mol. The highest BCUT2D eigenvalue weighted by molar-refractivity contribution is 6.48. The molecule has 0 fully saturated rings. The first-order valence-corrected chi connectivity index (χ1v) is 3.86. The van der Waals surface area contributed by atoms with Crippen molar-refractivity contribution in [2.75, 3.05) is 0 Å². The van der Waals surface area contributed by atoms with Crippen LogP contribution < -0.4 is 0 Å². The smallest absolute Gasteiger partial charge is 0.368 e. The quantitative estimate of drug-likeness (QED) is 0.212. The van der Waals surface area contributed by atoms with E-state index in [1.165, 1.54) is 0 Å². The summed E-state index contributed by atoms with van der Waals surface area (Å²) in [6.45, 7) is 3.06. The van der Waals surface area contributed by atoms with Gasteiger partial charge in [0.2, 0.25) is 0 Å². The third-order valence-corrected chi connectivity index (χ3v) is 1.04. The zero-order valence-corrected chi connectivity index (χ0v) is 5.56. The number of aliphatic hydroxyl groups is 1. The summed E-state index contributed by atoms with van der Waals surface area (Å²) >= 11 is 0. The van der Waals surface area contributed by atoms with Crippen LogP contribution in [0.3, 0.4) is 0 Å². The van der Waals surface area contributed by atoms with Gasteiger partial charge in [0.25, 0.3) is 0 Å². The first-order chi connectivity index (χ1) is 3.95. The molecule has 9 heavy (non-hydrogen) atoms. The molecule has 0 aliphatic heterocycles. The maximum Gasteiger partial charge on any atom is 0.673 e. The van der Waals surface area contributed by atoms with Crippen LogP contribution in [-0.2, 0) is 4.43 Å². The van der Waals surface area contributed by atoms with Crippen LogP contribution in [0, 0.1) is 0 Å². The molecule has 0 saturated heterocycles. The van der Waals surface area contributed by atoms with Gasteiger partial charge in [-0.05, 0) is 6.08 Å². The Morgan fingerprint density at radius 2 is 1.89 bits per heavy atom. The molecule has 1 unspecified atom stereocenters. The maximum absolute atomic E-state index is 8.41. The Morgan fingerprint density at radius 3 is 2.00 bits per heavy atom. The first kappa shape index (κ1) is 8.76. The van der Waals surface area contributed by atoms with E-state index in [1.807, 2.05) is 0 Å². The topological polar surface area (TPSA) is 90.2 Å². The van der Waals surface area contributed by atoms with E-state index in [2.05, 4.69) is 11.0 Å². The third-order valence-electron chi connectivity index (χ3n) is 0.480. The zero-order valence-electron chi connectivity index (χ0n) is 4.56. The molecule has 0 bridgehead atoms. The second-order valence-corrected chi connectivity index (χ2v) is 2.70. The summed E-state index contributed by atoms with van der Waals surface area (Å²) in [4.78, 5) is 24.4. The molecule has 0 aliphatic carbocycles. The van der Waals surface area contributed by atoms with Crippen LogP contribution in [0.25, 0.3) is 0 Å². The van der Waals surface area contributed by atoms with E-state index in [4.69, 9.17) is 19.5 Å². The Balaban J connectivity index is 3.59. The highest BCUT2D eigenvalue weighted by Crippen LogP contribution is 1.94. The fourth-order valence-corrected chi connectivity index (χ4v) is 0.630. The Labute approximate surface area is 52.9 Å². The van der Waals surface area contributed by atoms with Crippen molar-refractivity contribution in [2.24, 2.45) is 0 Å². The molecular weight excluding hydrogens is 144 g/mol. The molecule has 0 amide bonds. The van der Waals surface area contributed by atoms with Crippen LogP contribution >= 0.6 is 0 Å². The van der Waals surface area contributed by atoms with Gasteiger partial charge in [-0.25, -0.2) is 0 Å². The highest BCUT2D eigenvalue weighted by atomic mass is 28.4. The van der Waals surface area contributed by atoms with Crippen LogP contribution in [0.15, 0.2) is 12.7 Å². The number of hydrogen-bond acceptors (Lipinski definition) is 5. The molecule has 0 heterocycles. The van der Waals surface area contributed by atoms with Crippen LogP contribution in [0.1, 0.15) is 0 Å². The monoisotopic (exact) mass is 152 g/mol. The Hall–Kier alpha value is -0.243. The molecule has 0 radical (unpaired) electrons. The number of hydrogen-bond donors (Lipinski definition) is 4. The van der Waals surface area contributed by atoms with Crippen molar-refractivity contribution in [2.45, 2.75) is 6.29 Å². The van der Waals surface area contributed by atoms with Gasteiger partial charge >= 0.3 is 9.05 Å². The Bertz CT molecular complexity index is 96.9. The Morgan fingerprint density at radius 1 is 1.44 bits per heavy atom. The molecule has 0 aromatic rings. The molecule has 0 spiro atoms. The van der Waals surface area contributed by atoms with Gasteiger partial charge in [0.15, 0.2) is 6.29 Å². The third kappa shape index (κ3) is 5.63. The van der Waals surface area contributed by atoms with Crippen molar-refractivity contribution in [3.05, 3.63) is 12.7 Å². The van der Waals surface area contributed by atoms with E-state index < -0.39 is 15.3 Å². The fourth-order valence-electron chi connectivity index (χ4n) is 0.210. The second-order valence-electron chi connectivity index (χ2n) is 1.32. The maximum atomic E-state index is 8.41. The van der Waals surface area contributed by atoms with Crippen molar-refractivity contribution in [1.82, 2.24) is 0 Å². The number of aliphatic hydroxyl groups excluding tert-OH is 1. The molecule has 54 valence electrons. The zero-order chi connectivity index (χ0) is 7.49. The van der Waals surface area contributed by atoms with Crippen molar-refractivity contribution in [3.63, 3.8) is 0 Å². The van der Waals surface area contributed by atoms with E-state index >= 15 is 0 Å². The van der Waals surface area contributed by atoms with Gasteiger partial charge in [0, 0.05) is 0 Å². The molecular formula is C3H8O5Si. The van der Waals surface area contributed by atoms with E-state index in [0.717, 1.165) is 6.08 Å². The number of rotatable bonds is 3. The summed E-state index contributed by atoms with van der Waals surface area (Å²) in [5.41, 5.74) is 0. The van der Waals surface area contributed by atoms with Gasteiger partial charge in [-0.2, -0.15) is 0 Å². The minimum Gasteiger partial charge on any atom is -0.368 e. The molecule has 0 rings (SSSR count). The summed E-state index contributed by atoms with van der Waals surface area (Å²) < 4.78 is 3.83. The van der Waals surface area contributed by atoms with Crippen molar-refractivity contribution in [3.8, 4) is 0 Å². The molecule has 0 aromatic carbocycles. The molecule has 1 atom stereocenters. The SMILES string of the molecule is C=CC(O)O[Si](O)(O)O. The predicted octanol–water partition coefficient (Wildman–Crippen LogP) is -2.08. The molecule has 0 aromatic heterocycles. The largest absolute Gasteiger partial charge is 0.673 e. The van der Waals surface area contributed by atoms with E-state index in [0.29, 0.717) is 0 Å². The molecule has 0 aliphatic rings. The first-order valence-electron chi connectivity index (χ1n) is 2.11. The normalized spacial score (nSPS) is 15.1. The van der Waals surface area contributed by atoms with Gasteiger partial charge in [-0.3, -0.25) is 0 Å². The van der Waals surface area contributed by atoms with Gasteiger partial charge in [-0.15, -0.1) is 0 Å². The van der Waals surface area contributed by atoms with Gasteiger partial charge < -0.3 is 23.9 Å². The fraction of sp³-hybridized carbons (Fsp3) is 0.333. The van der Waals surface area contributed by atoms with E-state index in [1.54, 1.807) is 0 Å². The molecule has 6 heteroatoms. The van der Waals surface area contributed by atoms with Crippen LogP contribution in [0.5, 0.6) is 0 Å². The van der Waals surface area contributed by atoms with Crippen molar-refractivity contribution >= 4 is 9.05 Å². The lowest BCUT2D eigenvalue weighted by atomic mass is 10.6. The highest BCUT2D eigenvalue weighted by Gasteiger charge is 2.32. The summed E-state index contributed by atoms with van der Waals surface area (Å²) in [6.07, 6.45) is -0.624. The minimum atomic E-state index is -4.56. The molecule has 4 N–H and O–H groups in total. The van der Waals surface area contributed by atoms with Gasteiger partial charge in [0.1, 0.15) is 0 Å². The van der Waals surface area contributed by atoms with Crippen LogP contribution in [0.2, 0.25) is 0 Å². The van der Waals surface area contributed by atoms with Crippen LogP contribution in [-0.4, -0.2) is 34.8 Å². The van der Waals surface area contributed by atoms with Crippen molar-refractivity contribution in [1.29, 1.82) is 0 Å². The molecule has 0 saturated carbocycles. The average molecular weight is 152 g/mol. The lowest BCUT2D eigenvalue weighted by Gasteiger charge is -2.11. The van der Waals surface area contributed by atoms with Gasteiger partial charge in [-0.1, -0.05) is 6.58 Å². The van der Waals surface area contributed by atoms with Crippen LogP contribution in [0.4, 0.5) is 0 Å². The lowest BCUT2D eigenvalue weighted by Crippen LogP contribution is -2.42. The van der Waals surface area contributed by atoms with Gasteiger partial charge in [0.05, 0.1) is 0 Å². The molecule has 5 nitrogen and oxygen atoms in total. The minimum absolute atomic E-state index is 0.907.